The van der Waals surface area contributed by atoms with Crippen molar-refractivity contribution in [2.24, 2.45) is 0 Å². The van der Waals surface area contributed by atoms with Gasteiger partial charge in [-0.15, -0.1) is 11.5 Å². The van der Waals surface area contributed by atoms with Gasteiger partial charge in [0.1, 0.15) is 118 Å². The largest absolute Gasteiger partial charge is 0.383 e. The number of hydrogen-bond donors (Lipinski definition) is 6. The molecule has 0 fully saturated rings. The van der Waals surface area contributed by atoms with Gasteiger partial charge in [0.15, 0.2) is 44.7 Å². The standard InChI is InChI=1S/C11H12N4.2C10H14N4.C10H13N3O.C9H13N5.2C9H12N4.C8H9ClN4.C8H11N5O/c1-4-8-5-15(7(2)3)11-9(8)10(12)13-6-14-11;1-6(2)14-5-11-9-7(3)12-8(4)13-10(9)14;1-6(2)14-4-7(3)8-9(11)12-5-13-10(8)14;1-6(2)13-5-4-8-9(13)11-7(3)12-10(8)14;1-6(2)14-5-13-7-8(10-3)11-4-12-9(7)14;1-6(2)13-5-12-8-7(3)10-4-11-9(8)13;1-6(2)13-4-3-7-8(10)11-5-12-9(7)13;1-5(2)13-4-12-6-7(9)10-3-11-8(6)13;1-4(2)13-7-6(11-12-13)8(14)10-5(3)9-7/h1,5-7H,2-3H3,(H2,12,13,14);5-6H,1-4H3;4-6H,1-3H3,(H2,11,12,13);4-6H,1-3H3,(H,11,12,14);4-6H,1-3H3,(H,10,11,12);4-6H,1-3H3;3-6H,1-2H3,(H2,10,11,12);3-5H,1-2H3;4H,1-3H3,(H,9,10,14). The van der Waals surface area contributed by atoms with Gasteiger partial charge in [0.2, 0.25) is 0 Å². The van der Waals surface area contributed by atoms with Crippen molar-refractivity contribution < 1.29 is 0 Å². The van der Waals surface area contributed by atoms with Gasteiger partial charge in [-0.1, -0.05) is 22.7 Å². The fourth-order valence-electron chi connectivity index (χ4n) is 13.1. The van der Waals surface area contributed by atoms with Crippen molar-refractivity contribution in [2.75, 3.05) is 29.6 Å². The van der Waals surface area contributed by atoms with Gasteiger partial charge >= 0.3 is 0 Å². The molecule has 124 heavy (non-hydrogen) atoms. The average molecular weight is 1710 g/mol. The third-order valence-electron chi connectivity index (χ3n) is 19.4. The zero-order chi connectivity index (χ0) is 90.6. The van der Waals surface area contributed by atoms with E-state index in [1.807, 2.05) is 109 Å². The minimum atomic E-state index is -0.237. The van der Waals surface area contributed by atoms with Gasteiger partial charge in [0, 0.05) is 80.2 Å². The van der Waals surface area contributed by atoms with Crippen LogP contribution < -0.4 is 33.6 Å². The Bertz CT molecular complexity index is 6570. The van der Waals surface area contributed by atoms with Crippen LogP contribution in [0.5, 0.6) is 0 Å². The second-order valence-corrected chi connectivity index (χ2v) is 31.9. The van der Waals surface area contributed by atoms with Gasteiger partial charge in [-0.2, -0.15) is 0 Å². The summed E-state index contributed by atoms with van der Waals surface area (Å²) in [7, 11) is 1.83. The molecular formula is C84H110ClN37O2. The molecule has 0 atom stereocenters. The number of aryl methyl sites for hydroxylation is 6. The average Bonchev–Trinajstić information content (AvgIpc) is 1.62. The third-order valence-corrected chi connectivity index (χ3v) is 19.7. The molecule has 0 aliphatic carbocycles. The van der Waals surface area contributed by atoms with Crippen LogP contribution >= 0.6 is 11.6 Å². The molecule has 18 rings (SSSR count). The first-order valence-corrected chi connectivity index (χ1v) is 40.9. The molecule has 18 aromatic heterocycles. The second kappa shape index (κ2) is 40.0. The van der Waals surface area contributed by atoms with Gasteiger partial charge < -0.3 is 69.0 Å². The summed E-state index contributed by atoms with van der Waals surface area (Å²) < 4.78 is 17.9. The van der Waals surface area contributed by atoms with E-state index < -0.39 is 0 Å². The molecule has 0 amide bonds. The number of nitrogen functional groups attached to an aromatic ring is 3. The van der Waals surface area contributed by atoms with Crippen LogP contribution in [0.2, 0.25) is 5.15 Å². The van der Waals surface area contributed by atoms with Gasteiger partial charge in [-0.25, -0.2) is 104 Å². The van der Waals surface area contributed by atoms with E-state index in [2.05, 4.69) is 262 Å². The lowest BCUT2D eigenvalue weighted by Crippen LogP contribution is -2.11. The van der Waals surface area contributed by atoms with Crippen LogP contribution in [0.25, 0.3) is 100.0 Å². The van der Waals surface area contributed by atoms with Crippen LogP contribution in [0.3, 0.4) is 0 Å². The number of nitrogens with two attached hydrogens (primary N) is 3. The van der Waals surface area contributed by atoms with E-state index in [-0.39, 0.29) is 17.2 Å². The van der Waals surface area contributed by atoms with E-state index >= 15 is 0 Å². The summed E-state index contributed by atoms with van der Waals surface area (Å²) in [5, 5.41) is 14.4. The molecule has 40 heteroatoms. The smallest absolute Gasteiger partial charge is 0.281 e. The summed E-state index contributed by atoms with van der Waals surface area (Å²) in [6.07, 6.45) is 29.5. The Morgan fingerprint density at radius 3 is 1.35 bits per heavy atom. The van der Waals surface area contributed by atoms with Crippen LogP contribution in [0.4, 0.5) is 23.3 Å². The molecule has 0 saturated heterocycles. The minimum Gasteiger partial charge on any atom is -0.383 e. The first-order chi connectivity index (χ1) is 58.9. The molecule has 0 aromatic carbocycles. The van der Waals surface area contributed by atoms with Gasteiger partial charge in [-0.3, -0.25) is 9.59 Å². The van der Waals surface area contributed by atoms with Crippen molar-refractivity contribution in [3.8, 4) is 12.3 Å². The number of anilines is 4. The number of halogens is 1. The number of terminal acetylenes is 1. The van der Waals surface area contributed by atoms with Crippen molar-refractivity contribution in [2.45, 2.75) is 221 Å². The molecule has 0 radical (unpaired) electrons. The Balaban J connectivity index is 0.000000146. The first kappa shape index (κ1) is 92.1. The molecule has 18 heterocycles. The first-order valence-electron chi connectivity index (χ1n) is 40.5. The zero-order valence-corrected chi connectivity index (χ0v) is 75.6. The highest BCUT2D eigenvalue weighted by atomic mass is 35.5. The van der Waals surface area contributed by atoms with Crippen molar-refractivity contribution in [3.05, 3.63) is 166 Å². The molecule has 0 aliphatic heterocycles. The Kier molecular flexibility index (Phi) is 29.7. The van der Waals surface area contributed by atoms with E-state index in [4.69, 9.17) is 35.2 Å². The quantitative estimate of drug-likeness (QED) is 0.0547. The van der Waals surface area contributed by atoms with E-state index in [9.17, 15) is 9.59 Å². The normalized spacial score (nSPS) is 11.3. The van der Waals surface area contributed by atoms with E-state index in [1.165, 1.54) is 25.3 Å². The lowest BCUT2D eigenvalue weighted by molar-refractivity contribution is 0.526. The van der Waals surface area contributed by atoms with E-state index in [0.717, 1.165) is 112 Å². The fourth-order valence-corrected chi connectivity index (χ4v) is 13.3. The topological polar surface area (TPSA) is 484 Å². The SMILES string of the molecule is C#Cc1cn(C(C)C)c2ncnc(N)c12.CC(C)n1ccc2c(N)ncnc21.CC(C)n1cnc2c(Cl)ncnc21.CNc1ncnc2c1ncn2C(C)C.Cc1cn(C(C)C)c2ncnc(N)c12.Cc1nc(C)c2ncn(C(C)C)c2n1.Cc1nc2c(ccn2C(C)C)c(=O)[nH]1.Cc1nc2c(nnn2C(C)C)c(=O)[nH]1.Cc1ncnc2c1ncn2C(C)C. The highest BCUT2D eigenvalue weighted by Crippen LogP contribution is 2.29. The molecule has 0 bridgehead atoms. The summed E-state index contributed by atoms with van der Waals surface area (Å²) in [6, 6.07) is 6.76. The van der Waals surface area contributed by atoms with Crippen LogP contribution in [0.15, 0.2) is 110 Å². The number of H-pyrrole nitrogens is 2. The Morgan fingerprint density at radius 1 is 0.387 bits per heavy atom. The highest BCUT2D eigenvalue weighted by molar-refractivity contribution is 6.33. The van der Waals surface area contributed by atoms with Crippen LogP contribution in [-0.4, -0.2) is 168 Å². The van der Waals surface area contributed by atoms with E-state index in [0.29, 0.717) is 105 Å². The molecule has 0 aliphatic rings. The molecular weight excluding hydrogens is 1590 g/mol. The molecule has 0 saturated carbocycles. The van der Waals surface area contributed by atoms with Crippen molar-refractivity contribution in [1.82, 2.24) is 161 Å². The monoisotopic (exact) mass is 1700 g/mol. The maximum absolute atomic E-state index is 11.5. The maximum atomic E-state index is 11.5. The number of nitrogens with zero attached hydrogens (tertiary/aromatic N) is 31. The van der Waals surface area contributed by atoms with Crippen LogP contribution in [-0.2, 0) is 0 Å². The predicted molar refractivity (Wildman–Crippen MR) is 488 cm³/mol. The third kappa shape index (κ3) is 20.5. The molecule has 0 spiro atoms. The summed E-state index contributed by atoms with van der Waals surface area (Å²) in [5.74, 6) is 6.96. The Labute approximate surface area is 720 Å². The van der Waals surface area contributed by atoms with Crippen LogP contribution in [0.1, 0.15) is 219 Å². The van der Waals surface area contributed by atoms with Gasteiger partial charge in [0.05, 0.1) is 69.8 Å². The molecule has 18 aromatic rings. The molecule has 650 valence electrons. The highest BCUT2D eigenvalue weighted by Gasteiger charge is 2.19. The number of rotatable bonds is 10. The van der Waals surface area contributed by atoms with Gasteiger partial charge in [-0.05, 0) is 184 Å². The Hall–Kier alpha value is -14.2. The Morgan fingerprint density at radius 2 is 0.806 bits per heavy atom. The van der Waals surface area contributed by atoms with Crippen molar-refractivity contribution >= 4 is 135 Å². The number of aromatic nitrogens is 33. The summed E-state index contributed by atoms with van der Waals surface area (Å²) in [4.78, 5) is 112. The van der Waals surface area contributed by atoms with E-state index in [1.54, 1.807) is 49.9 Å². The fraction of sp³-hybridized carbons (Fsp3) is 0.405. The van der Waals surface area contributed by atoms with Crippen molar-refractivity contribution in [3.63, 3.8) is 0 Å². The number of fused-ring (bicyclic) bond motifs is 9. The maximum Gasteiger partial charge on any atom is 0.281 e. The lowest BCUT2D eigenvalue weighted by atomic mass is 10.2. The van der Waals surface area contributed by atoms with Crippen molar-refractivity contribution in [1.29, 1.82) is 0 Å². The number of hydrogen-bond acceptors (Lipinski definition) is 28. The molecule has 0 unspecified atom stereocenters. The van der Waals surface area contributed by atoms with Gasteiger partial charge in [0.25, 0.3) is 11.1 Å². The minimum absolute atomic E-state index is 0.0631. The summed E-state index contributed by atoms with van der Waals surface area (Å²) >= 11 is 5.85. The molecule has 9 N–H and O–H groups in total. The second-order valence-electron chi connectivity index (χ2n) is 31.5. The zero-order valence-electron chi connectivity index (χ0n) is 74.8. The number of nitrogens with one attached hydrogen (secondary N) is 3. The molecule has 39 nitrogen and oxygen atoms in total. The number of imidazole rings is 4. The number of aromatic amines is 2. The predicted octanol–water partition coefficient (Wildman–Crippen LogP) is 14.3. The summed E-state index contributed by atoms with van der Waals surface area (Å²) in [5.41, 5.74) is 31.8. The summed E-state index contributed by atoms with van der Waals surface area (Å²) in [6.45, 7) is 48.8. The van der Waals surface area contributed by atoms with Crippen LogP contribution in [0, 0.1) is 53.9 Å². The lowest BCUT2D eigenvalue weighted by Gasteiger charge is -2.07.